The molecule has 0 heterocycles. The van der Waals surface area contributed by atoms with Crippen LogP contribution in [0.4, 0.5) is 0 Å². The van der Waals surface area contributed by atoms with E-state index in [0.29, 0.717) is 0 Å². The highest BCUT2D eigenvalue weighted by Gasteiger charge is 2.25. The van der Waals surface area contributed by atoms with Gasteiger partial charge in [-0.25, -0.2) is 0 Å². The maximum Gasteiger partial charge on any atom is -0.0159 e. The zero-order chi connectivity index (χ0) is 13.9. The Hall–Kier alpha value is -0.780. The molecule has 2 atom stereocenters. The SMILES string of the molecule is CCC(C)CC1CCc2c(cccc2C2CCCC2)C1. The smallest absolute Gasteiger partial charge is 0.0159 e. The van der Waals surface area contributed by atoms with Gasteiger partial charge in [0.15, 0.2) is 0 Å². The predicted octanol–water partition coefficient (Wildman–Crippen LogP) is 5.89. The number of fused-ring (bicyclic) bond motifs is 1. The maximum absolute atomic E-state index is 2.43. The van der Waals surface area contributed by atoms with Gasteiger partial charge in [-0.1, -0.05) is 51.3 Å². The molecule has 1 saturated carbocycles. The second-order valence-electron chi connectivity index (χ2n) is 7.32. The van der Waals surface area contributed by atoms with Crippen LogP contribution in [-0.4, -0.2) is 0 Å². The van der Waals surface area contributed by atoms with Crippen LogP contribution >= 0.6 is 0 Å². The first kappa shape index (κ1) is 14.2. The molecule has 1 aromatic rings. The van der Waals surface area contributed by atoms with Gasteiger partial charge in [0.05, 0.1) is 0 Å². The number of rotatable bonds is 4. The van der Waals surface area contributed by atoms with E-state index in [-0.39, 0.29) is 0 Å². The van der Waals surface area contributed by atoms with Crippen LogP contribution in [0, 0.1) is 11.8 Å². The summed E-state index contributed by atoms with van der Waals surface area (Å²) in [6.07, 6.45) is 12.7. The summed E-state index contributed by atoms with van der Waals surface area (Å²) in [4.78, 5) is 0. The second kappa shape index (κ2) is 6.33. The largest absolute Gasteiger partial charge is 0.0651 e. The summed E-state index contributed by atoms with van der Waals surface area (Å²) in [5, 5.41) is 0. The Balaban J connectivity index is 1.75. The first-order valence-corrected chi connectivity index (χ1v) is 8.88. The number of hydrogen-bond acceptors (Lipinski definition) is 0. The van der Waals surface area contributed by atoms with Crippen LogP contribution in [0.2, 0.25) is 0 Å². The predicted molar refractivity (Wildman–Crippen MR) is 87.2 cm³/mol. The molecule has 0 N–H and O–H groups in total. The number of benzene rings is 1. The van der Waals surface area contributed by atoms with E-state index in [1.807, 2.05) is 0 Å². The van der Waals surface area contributed by atoms with Crippen molar-refractivity contribution >= 4 is 0 Å². The summed E-state index contributed by atoms with van der Waals surface area (Å²) in [7, 11) is 0. The molecule has 110 valence electrons. The molecule has 0 saturated heterocycles. The van der Waals surface area contributed by atoms with Crippen LogP contribution in [0.25, 0.3) is 0 Å². The van der Waals surface area contributed by atoms with Gasteiger partial charge in [-0.3, -0.25) is 0 Å². The normalized spacial score (nSPS) is 24.6. The van der Waals surface area contributed by atoms with Crippen LogP contribution < -0.4 is 0 Å². The third-order valence-electron chi connectivity index (χ3n) is 5.85. The van der Waals surface area contributed by atoms with Crippen molar-refractivity contribution in [2.24, 2.45) is 11.8 Å². The van der Waals surface area contributed by atoms with Crippen LogP contribution in [0.1, 0.15) is 81.4 Å². The average Bonchev–Trinajstić information content (AvgIpc) is 3.00. The van der Waals surface area contributed by atoms with E-state index in [1.165, 1.54) is 57.8 Å². The summed E-state index contributed by atoms with van der Waals surface area (Å²) in [6, 6.07) is 7.18. The zero-order valence-electron chi connectivity index (χ0n) is 13.3. The maximum atomic E-state index is 2.43. The zero-order valence-corrected chi connectivity index (χ0v) is 13.3. The summed E-state index contributed by atoms with van der Waals surface area (Å²) in [6.45, 7) is 4.75. The summed E-state index contributed by atoms with van der Waals surface area (Å²) in [5.74, 6) is 2.73. The van der Waals surface area contributed by atoms with Crippen molar-refractivity contribution in [1.29, 1.82) is 0 Å². The Morgan fingerprint density at radius 2 is 1.95 bits per heavy atom. The van der Waals surface area contributed by atoms with E-state index in [1.54, 1.807) is 16.7 Å². The molecule has 1 aromatic carbocycles. The van der Waals surface area contributed by atoms with Gasteiger partial charge in [0, 0.05) is 0 Å². The molecule has 0 aromatic heterocycles. The lowest BCUT2D eigenvalue weighted by molar-refractivity contribution is 0.348. The highest BCUT2D eigenvalue weighted by molar-refractivity contribution is 5.39. The van der Waals surface area contributed by atoms with Crippen LogP contribution in [0.3, 0.4) is 0 Å². The van der Waals surface area contributed by atoms with Crippen molar-refractivity contribution in [3.05, 3.63) is 34.9 Å². The molecule has 1 fully saturated rings. The van der Waals surface area contributed by atoms with Crippen molar-refractivity contribution in [2.45, 2.75) is 77.6 Å². The molecule has 0 amide bonds. The summed E-state index contributed by atoms with van der Waals surface area (Å²) >= 11 is 0. The summed E-state index contributed by atoms with van der Waals surface area (Å²) in [5.41, 5.74) is 5.16. The molecule has 3 rings (SSSR count). The van der Waals surface area contributed by atoms with E-state index < -0.39 is 0 Å². The van der Waals surface area contributed by atoms with Crippen molar-refractivity contribution in [3.63, 3.8) is 0 Å². The molecular weight excluding hydrogens is 240 g/mol. The molecule has 0 heteroatoms. The van der Waals surface area contributed by atoms with Gasteiger partial charge in [0.1, 0.15) is 0 Å². The lowest BCUT2D eigenvalue weighted by Gasteiger charge is -2.29. The topological polar surface area (TPSA) is 0 Å². The fourth-order valence-corrected chi connectivity index (χ4v) is 4.47. The number of hydrogen-bond donors (Lipinski definition) is 0. The van der Waals surface area contributed by atoms with E-state index in [4.69, 9.17) is 0 Å². The minimum absolute atomic E-state index is 0.885. The van der Waals surface area contributed by atoms with Gasteiger partial charge in [-0.2, -0.15) is 0 Å². The first-order valence-electron chi connectivity index (χ1n) is 8.88. The van der Waals surface area contributed by atoms with Gasteiger partial charge in [0.25, 0.3) is 0 Å². The molecule has 2 aliphatic carbocycles. The van der Waals surface area contributed by atoms with E-state index >= 15 is 0 Å². The molecule has 20 heavy (non-hydrogen) atoms. The Kier molecular flexibility index (Phi) is 4.48. The molecule has 0 nitrogen and oxygen atoms in total. The molecule has 0 radical (unpaired) electrons. The standard InChI is InChI=1S/C20H30/c1-3-15(2)13-16-11-12-20-18(14-16)9-6-10-19(20)17-7-4-5-8-17/h6,9-10,15-17H,3-5,7-8,11-14H2,1-2H3. The third kappa shape index (κ3) is 2.95. The molecule has 0 aliphatic heterocycles. The van der Waals surface area contributed by atoms with Gasteiger partial charge >= 0.3 is 0 Å². The van der Waals surface area contributed by atoms with Gasteiger partial charge in [0.2, 0.25) is 0 Å². The average molecular weight is 270 g/mol. The Labute approximate surface area is 125 Å². The minimum atomic E-state index is 0.885. The molecular formula is C20H30. The monoisotopic (exact) mass is 270 g/mol. The Bertz CT molecular complexity index is 439. The van der Waals surface area contributed by atoms with E-state index in [2.05, 4.69) is 32.0 Å². The highest BCUT2D eigenvalue weighted by atomic mass is 14.3. The van der Waals surface area contributed by atoms with Crippen molar-refractivity contribution in [1.82, 2.24) is 0 Å². The van der Waals surface area contributed by atoms with Gasteiger partial charge in [-0.15, -0.1) is 0 Å². The van der Waals surface area contributed by atoms with Crippen molar-refractivity contribution in [3.8, 4) is 0 Å². The second-order valence-corrected chi connectivity index (χ2v) is 7.32. The van der Waals surface area contributed by atoms with Crippen molar-refractivity contribution in [2.75, 3.05) is 0 Å². The quantitative estimate of drug-likeness (QED) is 0.640. The third-order valence-corrected chi connectivity index (χ3v) is 5.85. The van der Waals surface area contributed by atoms with E-state index in [9.17, 15) is 0 Å². The molecule has 2 unspecified atom stereocenters. The van der Waals surface area contributed by atoms with Crippen LogP contribution in [0.15, 0.2) is 18.2 Å². The minimum Gasteiger partial charge on any atom is -0.0651 e. The highest BCUT2D eigenvalue weighted by Crippen LogP contribution is 2.40. The van der Waals surface area contributed by atoms with Crippen LogP contribution in [0.5, 0.6) is 0 Å². The fourth-order valence-electron chi connectivity index (χ4n) is 4.47. The Morgan fingerprint density at radius 1 is 1.15 bits per heavy atom. The molecule has 0 bridgehead atoms. The lowest BCUT2D eigenvalue weighted by atomic mass is 9.76. The van der Waals surface area contributed by atoms with Crippen molar-refractivity contribution < 1.29 is 0 Å². The lowest BCUT2D eigenvalue weighted by Crippen LogP contribution is -2.18. The van der Waals surface area contributed by atoms with Crippen LogP contribution in [-0.2, 0) is 12.8 Å². The van der Waals surface area contributed by atoms with Gasteiger partial charge < -0.3 is 0 Å². The van der Waals surface area contributed by atoms with Gasteiger partial charge in [-0.05, 0) is 73.0 Å². The molecule has 0 spiro atoms. The Morgan fingerprint density at radius 3 is 2.70 bits per heavy atom. The first-order chi connectivity index (χ1) is 9.78. The van der Waals surface area contributed by atoms with E-state index in [0.717, 1.165) is 17.8 Å². The summed E-state index contributed by atoms with van der Waals surface area (Å²) < 4.78 is 0. The molecule has 2 aliphatic rings. The fraction of sp³-hybridized carbons (Fsp3) is 0.700.